The van der Waals surface area contributed by atoms with Crippen molar-refractivity contribution in [2.45, 2.75) is 58.0 Å². The lowest BCUT2D eigenvalue weighted by atomic mass is 9.97. The van der Waals surface area contributed by atoms with E-state index in [0.717, 1.165) is 41.6 Å². The second kappa shape index (κ2) is 11.2. The summed E-state index contributed by atoms with van der Waals surface area (Å²) in [4.78, 5) is 4.59. The van der Waals surface area contributed by atoms with Crippen molar-refractivity contribution in [2.75, 3.05) is 0 Å². The second-order valence-electron chi connectivity index (χ2n) is 9.15. The van der Waals surface area contributed by atoms with Gasteiger partial charge in [-0.15, -0.1) is 0 Å². The van der Waals surface area contributed by atoms with Gasteiger partial charge in [0.1, 0.15) is 11.6 Å². The molecule has 0 atom stereocenters. The molecule has 0 fully saturated rings. The molecule has 0 bridgehead atoms. The first kappa shape index (κ1) is 25.8. The molecule has 0 N–H and O–H groups in total. The van der Waals surface area contributed by atoms with E-state index >= 15 is 4.39 Å². The summed E-state index contributed by atoms with van der Waals surface area (Å²) < 4.78 is 67.3. The van der Waals surface area contributed by atoms with Crippen LogP contribution in [0.3, 0.4) is 0 Å². The summed E-state index contributed by atoms with van der Waals surface area (Å²) in [7, 11) is 0. The molecular formula is C30H28F5N. The predicted molar refractivity (Wildman–Crippen MR) is 134 cm³/mol. The number of rotatable bonds is 9. The first-order valence-corrected chi connectivity index (χ1v) is 12.3. The number of unbranched alkanes of at least 4 members (excludes halogenated alkanes) is 3. The molecule has 6 heteroatoms. The number of benzene rings is 3. The second-order valence-corrected chi connectivity index (χ2v) is 9.15. The van der Waals surface area contributed by atoms with Gasteiger partial charge in [0, 0.05) is 17.1 Å². The van der Waals surface area contributed by atoms with Gasteiger partial charge in [0.05, 0.1) is 11.3 Å². The van der Waals surface area contributed by atoms with Crippen molar-refractivity contribution in [3.63, 3.8) is 0 Å². The predicted octanol–water partition coefficient (Wildman–Crippen LogP) is 9.11. The normalized spacial score (nSPS) is 11.8. The molecule has 0 saturated heterocycles. The van der Waals surface area contributed by atoms with Crippen LogP contribution in [-0.4, -0.2) is 4.98 Å². The third-order valence-corrected chi connectivity index (χ3v) is 6.50. The molecule has 0 spiro atoms. The molecule has 3 aromatic carbocycles. The van der Waals surface area contributed by atoms with E-state index in [1.54, 1.807) is 12.1 Å². The molecule has 188 valence electrons. The third kappa shape index (κ3) is 6.10. The van der Waals surface area contributed by atoms with Gasteiger partial charge in [-0.1, -0.05) is 62.6 Å². The lowest BCUT2D eigenvalue weighted by molar-refractivity contribution is -0.140. The summed E-state index contributed by atoms with van der Waals surface area (Å²) in [6, 6.07) is 15.9. The molecule has 0 aliphatic carbocycles. The lowest BCUT2D eigenvalue weighted by Gasteiger charge is -2.11. The molecule has 4 aromatic rings. The number of nitrogens with zero attached hydrogens (tertiary/aromatic N) is 1. The highest BCUT2D eigenvalue weighted by molar-refractivity contribution is 5.88. The highest BCUT2D eigenvalue weighted by Gasteiger charge is 2.33. The highest BCUT2D eigenvalue weighted by Crippen LogP contribution is 2.32. The Labute approximate surface area is 208 Å². The first-order chi connectivity index (χ1) is 17.3. The van der Waals surface area contributed by atoms with Crippen LogP contribution in [0.4, 0.5) is 22.0 Å². The Bertz CT molecular complexity index is 1330. The number of hydrogen-bond acceptors (Lipinski definition) is 1. The van der Waals surface area contributed by atoms with Crippen molar-refractivity contribution in [1.29, 1.82) is 0 Å². The largest absolute Gasteiger partial charge is 0.419 e. The van der Waals surface area contributed by atoms with Crippen LogP contribution in [0.5, 0.6) is 0 Å². The van der Waals surface area contributed by atoms with Crippen LogP contribution in [0.2, 0.25) is 0 Å². The zero-order valence-corrected chi connectivity index (χ0v) is 20.1. The van der Waals surface area contributed by atoms with Gasteiger partial charge in [0.15, 0.2) is 0 Å². The van der Waals surface area contributed by atoms with E-state index in [1.165, 1.54) is 30.9 Å². The van der Waals surface area contributed by atoms with E-state index in [0.29, 0.717) is 16.5 Å². The van der Waals surface area contributed by atoms with E-state index < -0.39 is 17.6 Å². The monoisotopic (exact) mass is 497 g/mol. The van der Waals surface area contributed by atoms with Gasteiger partial charge in [-0.3, -0.25) is 4.98 Å². The van der Waals surface area contributed by atoms with Gasteiger partial charge in [-0.05, 0) is 72.0 Å². The van der Waals surface area contributed by atoms with Crippen molar-refractivity contribution in [3.05, 3.63) is 101 Å². The molecule has 1 heterocycles. The molecule has 1 aromatic heterocycles. The maximum Gasteiger partial charge on any atom is 0.419 e. The van der Waals surface area contributed by atoms with Crippen LogP contribution in [-0.2, 0) is 25.4 Å². The summed E-state index contributed by atoms with van der Waals surface area (Å²) in [6.45, 7) is 2.19. The molecule has 0 aliphatic heterocycles. The van der Waals surface area contributed by atoms with E-state index in [2.05, 4.69) is 18.0 Å². The zero-order valence-electron chi connectivity index (χ0n) is 20.1. The molecule has 36 heavy (non-hydrogen) atoms. The number of pyridine rings is 1. The van der Waals surface area contributed by atoms with E-state index in [1.807, 2.05) is 30.5 Å². The fourth-order valence-corrected chi connectivity index (χ4v) is 4.41. The van der Waals surface area contributed by atoms with Gasteiger partial charge in [-0.2, -0.15) is 13.2 Å². The van der Waals surface area contributed by atoms with Crippen LogP contribution in [0.1, 0.15) is 54.9 Å². The van der Waals surface area contributed by atoms with E-state index in [9.17, 15) is 17.6 Å². The fraction of sp³-hybridized carbons (Fsp3) is 0.300. The number of aromatic nitrogens is 1. The Hall–Kier alpha value is -3.28. The summed E-state index contributed by atoms with van der Waals surface area (Å²) in [5.41, 5.74) is 2.45. The zero-order chi connectivity index (χ0) is 25.7. The Morgan fingerprint density at radius 1 is 0.750 bits per heavy atom. The van der Waals surface area contributed by atoms with Crippen molar-refractivity contribution < 1.29 is 22.0 Å². The summed E-state index contributed by atoms with van der Waals surface area (Å²) >= 11 is 0. The minimum absolute atomic E-state index is 0.226. The van der Waals surface area contributed by atoms with Crippen molar-refractivity contribution in [1.82, 2.24) is 4.98 Å². The number of aryl methyl sites for hydroxylation is 3. The smallest absolute Gasteiger partial charge is 0.256 e. The topological polar surface area (TPSA) is 12.9 Å². The van der Waals surface area contributed by atoms with Crippen molar-refractivity contribution >= 4 is 10.8 Å². The molecule has 0 aliphatic rings. The Kier molecular flexibility index (Phi) is 8.02. The Balaban J connectivity index is 1.46. The minimum Gasteiger partial charge on any atom is -0.256 e. The van der Waals surface area contributed by atoms with Gasteiger partial charge in [0.25, 0.3) is 0 Å². The van der Waals surface area contributed by atoms with Gasteiger partial charge < -0.3 is 0 Å². The van der Waals surface area contributed by atoms with E-state index in [-0.39, 0.29) is 18.7 Å². The van der Waals surface area contributed by atoms with Gasteiger partial charge in [0.2, 0.25) is 0 Å². The molecule has 0 radical (unpaired) electrons. The highest BCUT2D eigenvalue weighted by atomic mass is 19.4. The Morgan fingerprint density at radius 3 is 2.25 bits per heavy atom. The average Bonchev–Trinajstić information content (AvgIpc) is 2.86. The summed E-state index contributed by atoms with van der Waals surface area (Å²) in [5.74, 6) is -1.69. The Morgan fingerprint density at radius 2 is 1.56 bits per heavy atom. The minimum atomic E-state index is -4.74. The van der Waals surface area contributed by atoms with Crippen molar-refractivity contribution in [2.24, 2.45) is 0 Å². The third-order valence-electron chi connectivity index (χ3n) is 6.50. The summed E-state index contributed by atoms with van der Waals surface area (Å²) in [5, 5.41) is 1.20. The maximum atomic E-state index is 15.2. The SMILES string of the molecule is CCCCCCc1ccc(-c2ccc3c(F)c(CCc4ccc(C(F)(F)F)c(F)c4)ccc3c2)nc1. The molecule has 0 saturated carbocycles. The average molecular weight is 498 g/mol. The molecule has 0 amide bonds. The molecule has 4 rings (SSSR count). The van der Waals surface area contributed by atoms with Gasteiger partial charge in [-0.25, -0.2) is 8.78 Å². The number of hydrogen-bond donors (Lipinski definition) is 0. The van der Waals surface area contributed by atoms with Crippen LogP contribution >= 0.6 is 0 Å². The standard InChI is InChI=1S/C30H28F5N/c1-2-3-4-5-6-21-9-16-28(36-19-21)24-13-14-25-23(18-24)12-11-22(29(25)32)10-7-20-8-15-26(27(31)17-20)30(33,34)35/h8-9,11-19H,2-7,10H2,1H3. The molecule has 0 unspecified atom stereocenters. The maximum absolute atomic E-state index is 15.2. The van der Waals surface area contributed by atoms with Gasteiger partial charge >= 0.3 is 6.18 Å². The van der Waals surface area contributed by atoms with Crippen LogP contribution in [0, 0.1) is 11.6 Å². The summed E-state index contributed by atoms with van der Waals surface area (Å²) in [6.07, 6.45) is 3.47. The van der Waals surface area contributed by atoms with Crippen LogP contribution in [0.15, 0.2) is 66.9 Å². The van der Waals surface area contributed by atoms with Crippen LogP contribution < -0.4 is 0 Å². The number of fused-ring (bicyclic) bond motifs is 1. The number of alkyl halides is 3. The van der Waals surface area contributed by atoms with Crippen LogP contribution in [0.25, 0.3) is 22.0 Å². The first-order valence-electron chi connectivity index (χ1n) is 12.3. The lowest BCUT2D eigenvalue weighted by Crippen LogP contribution is -2.08. The van der Waals surface area contributed by atoms with Crippen molar-refractivity contribution in [3.8, 4) is 11.3 Å². The molecular weight excluding hydrogens is 469 g/mol. The fourth-order valence-electron chi connectivity index (χ4n) is 4.41. The molecule has 1 nitrogen and oxygen atoms in total. The quantitative estimate of drug-likeness (QED) is 0.166. The number of halogens is 5. The van der Waals surface area contributed by atoms with E-state index in [4.69, 9.17) is 0 Å².